The lowest BCUT2D eigenvalue weighted by Crippen LogP contribution is -2.06. The average Bonchev–Trinajstić information content (AvgIpc) is 2.47. The van der Waals surface area contributed by atoms with Crippen LogP contribution < -0.4 is 10.1 Å². The van der Waals surface area contributed by atoms with Gasteiger partial charge in [0.1, 0.15) is 5.75 Å². The van der Waals surface area contributed by atoms with Gasteiger partial charge in [0.15, 0.2) is 0 Å². The van der Waals surface area contributed by atoms with Crippen LogP contribution in [0.1, 0.15) is 5.56 Å². The molecule has 1 aromatic heterocycles. The number of benzene rings is 2. The number of aromatic nitrogens is 1. The van der Waals surface area contributed by atoms with Crippen LogP contribution in [0.3, 0.4) is 0 Å². The van der Waals surface area contributed by atoms with E-state index in [1.165, 1.54) is 5.56 Å². The Morgan fingerprint density at radius 1 is 1.10 bits per heavy atom. The van der Waals surface area contributed by atoms with Gasteiger partial charge < -0.3 is 10.1 Å². The summed E-state index contributed by atoms with van der Waals surface area (Å²) in [7, 11) is 1.93. The number of pyridine rings is 1. The van der Waals surface area contributed by atoms with Crippen molar-refractivity contribution in [2.75, 3.05) is 7.05 Å². The fourth-order valence-corrected chi connectivity index (χ4v) is 2.64. The molecule has 0 aliphatic heterocycles. The Labute approximate surface area is 132 Å². The fourth-order valence-electron chi connectivity index (χ4n) is 2.26. The van der Waals surface area contributed by atoms with Crippen LogP contribution in [0.4, 0.5) is 0 Å². The van der Waals surface area contributed by atoms with Crippen LogP contribution in [-0.2, 0) is 6.54 Å². The second kappa shape index (κ2) is 6.24. The normalized spacial score (nSPS) is 10.8. The lowest BCUT2D eigenvalue weighted by Gasteiger charge is -2.10. The van der Waals surface area contributed by atoms with E-state index in [0.717, 1.165) is 27.7 Å². The summed E-state index contributed by atoms with van der Waals surface area (Å²) in [6.45, 7) is 0.776. The molecule has 4 heteroatoms. The molecule has 0 saturated heterocycles. The quantitative estimate of drug-likeness (QED) is 0.757. The van der Waals surface area contributed by atoms with Gasteiger partial charge in [-0.05, 0) is 36.9 Å². The van der Waals surface area contributed by atoms with Crippen LogP contribution in [0.15, 0.2) is 59.1 Å². The molecule has 0 fully saturated rings. The smallest absolute Gasteiger partial charge is 0.220 e. The summed E-state index contributed by atoms with van der Waals surface area (Å²) in [5, 5.41) is 4.33. The Hall–Kier alpha value is -1.91. The zero-order valence-corrected chi connectivity index (χ0v) is 13.2. The predicted molar refractivity (Wildman–Crippen MR) is 88.7 cm³/mol. The van der Waals surface area contributed by atoms with Crippen molar-refractivity contribution in [1.29, 1.82) is 0 Å². The number of halogens is 1. The number of nitrogens with one attached hydrogen (secondary N) is 1. The van der Waals surface area contributed by atoms with Crippen LogP contribution >= 0.6 is 15.9 Å². The molecule has 0 bridgehead atoms. The molecular weight excluding hydrogens is 328 g/mol. The summed E-state index contributed by atoms with van der Waals surface area (Å²) < 4.78 is 6.87. The van der Waals surface area contributed by atoms with Crippen molar-refractivity contribution in [1.82, 2.24) is 10.3 Å². The highest BCUT2D eigenvalue weighted by molar-refractivity contribution is 9.10. The molecule has 0 saturated carbocycles. The molecule has 3 rings (SSSR count). The molecule has 2 aromatic carbocycles. The largest absolute Gasteiger partial charge is 0.439 e. The summed E-state index contributed by atoms with van der Waals surface area (Å²) in [5.74, 6) is 1.37. The SMILES string of the molecule is CNCc1cc(Oc2cccc(Br)c2)nc2ccccc12. The van der Waals surface area contributed by atoms with E-state index < -0.39 is 0 Å². The van der Waals surface area contributed by atoms with Gasteiger partial charge in [0.25, 0.3) is 0 Å². The second-order valence-corrected chi connectivity index (χ2v) is 5.64. The molecule has 3 nitrogen and oxygen atoms in total. The van der Waals surface area contributed by atoms with E-state index in [0.29, 0.717) is 5.88 Å². The van der Waals surface area contributed by atoms with Gasteiger partial charge in [-0.25, -0.2) is 4.98 Å². The lowest BCUT2D eigenvalue weighted by molar-refractivity contribution is 0.464. The molecule has 0 aliphatic carbocycles. The molecule has 3 aromatic rings. The third-order valence-corrected chi connectivity index (χ3v) is 3.66. The Bertz CT molecular complexity index is 774. The minimum atomic E-state index is 0.608. The first-order chi connectivity index (χ1) is 10.3. The van der Waals surface area contributed by atoms with E-state index in [2.05, 4.69) is 32.3 Å². The van der Waals surface area contributed by atoms with Gasteiger partial charge in [-0.2, -0.15) is 0 Å². The average molecular weight is 343 g/mol. The first kappa shape index (κ1) is 14.0. The number of hydrogen-bond acceptors (Lipinski definition) is 3. The van der Waals surface area contributed by atoms with Crippen molar-refractivity contribution in [3.8, 4) is 11.6 Å². The van der Waals surface area contributed by atoms with E-state index in [1.54, 1.807) is 0 Å². The molecule has 106 valence electrons. The monoisotopic (exact) mass is 342 g/mol. The van der Waals surface area contributed by atoms with Gasteiger partial charge in [0.05, 0.1) is 5.52 Å². The summed E-state index contributed by atoms with van der Waals surface area (Å²) >= 11 is 3.44. The Kier molecular flexibility index (Phi) is 4.18. The molecule has 0 radical (unpaired) electrons. The molecule has 1 heterocycles. The zero-order chi connectivity index (χ0) is 14.7. The number of ether oxygens (including phenoxy) is 1. The zero-order valence-electron chi connectivity index (χ0n) is 11.6. The number of fused-ring (bicyclic) bond motifs is 1. The first-order valence-corrected chi connectivity index (χ1v) is 7.52. The number of nitrogens with zero attached hydrogens (tertiary/aromatic N) is 1. The summed E-state index contributed by atoms with van der Waals surface area (Å²) in [4.78, 5) is 4.58. The molecule has 21 heavy (non-hydrogen) atoms. The van der Waals surface area contributed by atoms with Gasteiger partial charge >= 0.3 is 0 Å². The Morgan fingerprint density at radius 2 is 1.95 bits per heavy atom. The van der Waals surface area contributed by atoms with E-state index in [1.807, 2.05) is 55.6 Å². The highest BCUT2D eigenvalue weighted by atomic mass is 79.9. The van der Waals surface area contributed by atoms with Crippen molar-refractivity contribution >= 4 is 26.8 Å². The molecule has 1 N–H and O–H groups in total. The van der Waals surface area contributed by atoms with Crippen LogP contribution in [0.5, 0.6) is 11.6 Å². The minimum Gasteiger partial charge on any atom is -0.439 e. The highest BCUT2D eigenvalue weighted by Crippen LogP contribution is 2.27. The van der Waals surface area contributed by atoms with Gasteiger partial charge in [-0.15, -0.1) is 0 Å². The Morgan fingerprint density at radius 3 is 2.76 bits per heavy atom. The third kappa shape index (κ3) is 3.23. The van der Waals surface area contributed by atoms with Crippen molar-refractivity contribution in [2.45, 2.75) is 6.54 Å². The number of para-hydroxylation sites is 1. The van der Waals surface area contributed by atoms with Gasteiger partial charge in [-0.1, -0.05) is 40.2 Å². The van der Waals surface area contributed by atoms with Crippen LogP contribution in [-0.4, -0.2) is 12.0 Å². The Balaban J connectivity index is 2.02. The topological polar surface area (TPSA) is 34.1 Å². The van der Waals surface area contributed by atoms with Gasteiger partial charge in [-0.3, -0.25) is 0 Å². The molecule has 0 amide bonds. The fraction of sp³-hybridized carbons (Fsp3) is 0.118. The van der Waals surface area contributed by atoms with Gasteiger partial charge in [0, 0.05) is 22.5 Å². The van der Waals surface area contributed by atoms with E-state index in [9.17, 15) is 0 Å². The van der Waals surface area contributed by atoms with Gasteiger partial charge in [0.2, 0.25) is 5.88 Å². The predicted octanol–water partition coefficient (Wildman–Crippen LogP) is 4.51. The summed E-state index contributed by atoms with van der Waals surface area (Å²) in [5.41, 5.74) is 2.11. The van der Waals surface area contributed by atoms with Crippen molar-refractivity contribution in [3.63, 3.8) is 0 Å². The summed E-state index contributed by atoms with van der Waals surface area (Å²) in [6.07, 6.45) is 0. The van der Waals surface area contributed by atoms with Crippen LogP contribution in [0.25, 0.3) is 10.9 Å². The number of hydrogen-bond donors (Lipinski definition) is 1. The molecule has 0 spiro atoms. The molecule has 0 aliphatic rings. The minimum absolute atomic E-state index is 0.608. The van der Waals surface area contributed by atoms with E-state index in [4.69, 9.17) is 4.74 Å². The maximum absolute atomic E-state index is 5.89. The van der Waals surface area contributed by atoms with Crippen LogP contribution in [0, 0.1) is 0 Å². The summed E-state index contributed by atoms with van der Waals surface area (Å²) in [6, 6.07) is 17.8. The first-order valence-electron chi connectivity index (χ1n) is 6.73. The lowest BCUT2D eigenvalue weighted by atomic mass is 10.1. The molecular formula is C17H15BrN2O. The third-order valence-electron chi connectivity index (χ3n) is 3.16. The maximum Gasteiger partial charge on any atom is 0.220 e. The number of rotatable bonds is 4. The van der Waals surface area contributed by atoms with E-state index >= 15 is 0 Å². The second-order valence-electron chi connectivity index (χ2n) is 4.73. The highest BCUT2D eigenvalue weighted by Gasteiger charge is 2.07. The van der Waals surface area contributed by atoms with E-state index in [-0.39, 0.29) is 0 Å². The van der Waals surface area contributed by atoms with Crippen molar-refractivity contribution in [2.24, 2.45) is 0 Å². The standard InChI is InChI=1S/C17H15BrN2O/c1-19-11-12-9-17(20-16-8-3-2-7-15(12)16)21-14-6-4-5-13(18)10-14/h2-10,19H,11H2,1H3. The molecule has 0 atom stereocenters. The van der Waals surface area contributed by atoms with Crippen molar-refractivity contribution < 1.29 is 4.74 Å². The van der Waals surface area contributed by atoms with Crippen LogP contribution in [0.2, 0.25) is 0 Å². The maximum atomic E-state index is 5.89. The molecule has 0 unspecified atom stereocenters. The van der Waals surface area contributed by atoms with Crippen molar-refractivity contribution in [3.05, 3.63) is 64.6 Å².